The van der Waals surface area contributed by atoms with Gasteiger partial charge in [0.15, 0.2) is 0 Å². The number of hydrogen-bond acceptors (Lipinski definition) is 4. The molecule has 0 spiro atoms. The summed E-state index contributed by atoms with van der Waals surface area (Å²) in [6.07, 6.45) is 0. The molecule has 14 heavy (non-hydrogen) atoms. The highest BCUT2D eigenvalue weighted by atomic mass is 32.2. The van der Waals surface area contributed by atoms with E-state index in [1.165, 1.54) is 5.56 Å². The molecule has 0 heterocycles. The molecule has 1 aromatic rings. The first-order valence-electron chi connectivity index (χ1n) is 4.24. The zero-order valence-corrected chi connectivity index (χ0v) is 9.00. The Kier molecular flexibility index (Phi) is 8.42. The predicted octanol–water partition coefficient (Wildman–Crippen LogP) is 1.23. The van der Waals surface area contributed by atoms with E-state index >= 15 is 0 Å². The monoisotopic (exact) mass is 216 g/mol. The van der Waals surface area contributed by atoms with Crippen molar-refractivity contribution < 1.29 is 15.3 Å². The van der Waals surface area contributed by atoms with Gasteiger partial charge in [-0.25, -0.2) is 0 Å². The molecule has 0 aromatic heterocycles. The average molecular weight is 216 g/mol. The normalized spacial score (nSPS) is 9.07. The lowest BCUT2D eigenvalue weighted by Crippen LogP contribution is -1.87. The summed E-state index contributed by atoms with van der Waals surface area (Å²) in [6, 6.07) is 7.13. The molecule has 0 amide bonds. The molecule has 1 rings (SSSR count). The number of benzene rings is 1. The molecule has 3 nitrogen and oxygen atoms in total. The summed E-state index contributed by atoms with van der Waals surface area (Å²) in [5.74, 6) is 1.95. The summed E-state index contributed by atoms with van der Waals surface area (Å²) >= 11 is 1.68. The average Bonchev–Trinajstić information content (AvgIpc) is 2.24. The lowest BCUT2D eigenvalue weighted by Gasteiger charge is -1.99. The fourth-order valence-electron chi connectivity index (χ4n) is 0.847. The number of thioether (sulfide) groups is 1. The van der Waals surface area contributed by atoms with E-state index in [0.29, 0.717) is 5.75 Å². The first-order chi connectivity index (χ1) is 6.83. The third-order valence-electron chi connectivity index (χ3n) is 1.44. The molecule has 0 bridgehead atoms. The Bertz CT molecular complexity index is 223. The van der Waals surface area contributed by atoms with Crippen LogP contribution in [-0.2, 0) is 5.75 Å². The molecule has 0 aliphatic carbocycles. The number of aliphatic hydroxyl groups is 2. The highest BCUT2D eigenvalue weighted by Crippen LogP contribution is 2.14. The van der Waals surface area contributed by atoms with Crippen LogP contribution in [0, 0.1) is 0 Å². The van der Waals surface area contributed by atoms with Gasteiger partial charge >= 0.3 is 0 Å². The summed E-state index contributed by atoms with van der Waals surface area (Å²) < 4.78 is 0. The molecule has 1 aromatic carbocycles. The molecule has 0 unspecified atom stereocenters. The summed E-state index contributed by atoms with van der Waals surface area (Å²) in [5, 5.41) is 24.5. The van der Waals surface area contributed by atoms with Crippen LogP contribution >= 0.6 is 11.8 Å². The van der Waals surface area contributed by atoms with E-state index in [2.05, 4.69) is 0 Å². The van der Waals surface area contributed by atoms with Gasteiger partial charge in [0.05, 0.1) is 6.61 Å². The van der Waals surface area contributed by atoms with Crippen molar-refractivity contribution >= 4 is 11.8 Å². The minimum Gasteiger partial charge on any atom is -0.508 e. The van der Waals surface area contributed by atoms with Crippen LogP contribution in [0.5, 0.6) is 5.75 Å². The van der Waals surface area contributed by atoms with Gasteiger partial charge < -0.3 is 15.3 Å². The van der Waals surface area contributed by atoms with Crippen molar-refractivity contribution in [3.05, 3.63) is 29.8 Å². The van der Waals surface area contributed by atoms with Gasteiger partial charge in [0, 0.05) is 18.6 Å². The van der Waals surface area contributed by atoms with E-state index in [9.17, 15) is 0 Å². The molecule has 80 valence electrons. The second-order valence-corrected chi connectivity index (χ2v) is 3.55. The minimum absolute atomic E-state index is 0.225. The van der Waals surface area contributed by atoms with Crippen LogP contribution < -0.4 is 0 Å². The van der Waals surface area contributed by atoms with Crippen molar-refractivity contribution in [3.63, 3.8) is 0 Å². The summed E-state index contributed by atoms with van der Waals surface area (Å²) in [4.78, 5) is 0. The van der Waals surface area contributed by atoms with Gasteiger partial charge in [-0.05, 0) is 17.7 Å². The maximum Gasteiger partial charge on any atom is 0.115 e. The Labute approximate surface area is 88.4 Å². The van der Waals surface area contributed by atoms with Crippen LogP contribution in [0.4, 0.5) is 0 Å². The molecule has 0 saturated heterocycles. The number of aliphatic hydroxyl groups excluding tert-OH is 2. The molecular formula is C10H16O3S. The lowest BCUT2D eigenvalue weighted by atomic mass is 10.2. The summed E-state index contributed by atoms with van der Waals surface area (Å²) in [7, 11) is 1.00. The Morgan fingerprint density at radius 1 is 1.14 bits per heavy atom. The predicted molar refractivity (Wildman–Crippen MR) is 59.5 cm³/mol. The standard InChI is InChI=1S/C9H12O2S.CH4O/c10-5-6-12-7-8-1-3-9(11)4-2-8;1-2/h1-4,10-11H,5-7H2;2H,1H3. The van der Waals surface area contributed by atoms with Crippen LogP contribution in [0.25, 0.3) is 0 Å². The van der Waals surface area contributed by atoms with E-state index in [4.69, 9.17) is 15.3 Å². The van der Waals surface area contributed by atoms with E-state index in [0.717, 1.165) is 18.6 Å². The molecule has 0 saturated carbocycles. The first-order valence-corrected chi connectivity index (χ1v) is 5.39. The second kappa shape index (κ2) is 8.87. The summed E-state index contributed by atoms with van der Waals surface area (Å²) in [6.45, 7) is 0.225. The third-order valence-corrected chi connectivity index (χ3v) is 2.45. The van der Waals surface area contributed by atoms with Crippen LogP contribution in [-0.4, -0.2) is 34.8 Å². The number of aromatic hydroxyl groups is 1. The Balaban J connectivity index is 0.000000791. The smallest absolute Gasteiger partial charge is 0.115 e. The van der Waals surface area contributed by atoms with E-state index < -0.39 is 0 Å². The van der Waals surface area contributed by atoms with Gasteiger partial charge in [-0.1, -0.05) is 12.1 Å². The van der Waals surface area contributed by atoms with Gasteiger partial charge in [0.2, 0.25) is 0 Å². The second-order valence-electron chi connectivity index (χ2n) is 2.44. The van der Waals surface area contributed by atoms with Crippen LogP contribution in [0.15, 0.2) is 24.3 Å². The fourth-order valence-corrected chi connectivity index (χ4v) is 1.55. The van der Waals surface area contributed by atoms with Gasteiger partial charge in [0.25, 0.3) is 0 Å². The Morgan fingerprint density at radius 2 is 1.71 bits per heavy atom. The van der Waals surface area contributed by atoms with Crippen molar-refractivity contribution in [2.24, 2.45) is 0 Å². The summed E-state index contributed by atoms with van der Waals surface area (Å²) in [5.41, 5.74) is 1.17. The van der Waals surface area contributed by atoms with Crippen LogP contribution in [0.3, 0.4) is 0 Å². The van der Waals surface area contributed by atoms with Crippen molar-refractivity contribution in [1.82, 2.24) is 0 Å². The molecule has 0 radical (unpaired) electrons. The van der Waals surface area contributed by atoms with Crippen LogP contribution in [0.2, 0.25) is 0 Å². The molecule has 3 N–H and O–H groups in total. The number of hydrogen-bond donors (Lipinski definition) is 3. The number of phenols is 1. The Morgan fingerprint density at radius 3 is 2.21 bits per heavy atom. The highest BCUT2D eigenvalue weighted by Gasteiger charge is 1.92. The maximum atomic E-state index is 8.98. The third kappa shape index (κ3) is 5.85. The van der Waals surface area contributed by atoms with Crippen molar-refractivity contribution in [2.45, 2.75) is 5.75 Å². The van der Waals surface area contributed by atoms with E-state index in [-0.39, 0.29) is 6.61 Å². The topological polar surface area (TPSA) is 60.7 Å². The molecule has 0 fully saturated rings. The minimum atomic E-state index is 0.225. The van der Waals surface area contributed by atoms with Crippen molar-refractivity contribution in [3.8, 4) is 5.75 Å². The first kappa shape index (κ1) is 13.3. The highest BCUT2D eigenvalue weighted by molar-refractivity contribution is 7.98. The van der Waals surface area contributed by atoms with Gasteiger partial charge in [-0.15, -0.1) is 0 Å². The number of rotatable bonds is 4. The molecular weight excluding hydrogens is 200 g/mol. The van der Waals surface area contributed by atoms with Gasteiger partial charge in [-0.3, -0.25) is 0 Å². The van der Waals surface area contributed by atoms with Gasteiger partial charge in [-0.2, -0.15) is 11.8 Å². The molecule has 0 aliphatic rings. The molecule has 0 atom stereocenters. The zero-order valence-electron chi connectivity index (χ0n) is 8.18. The van der Waals surface area contributed by atoms with Gasteiger partial charge in [0.1, 0.15) is 5.75 Å². The fraction of sp³-hybridized carbons (Fsp3) is 0.400. The largest absolute Gasteiger partial charge is 0.508 e. The molecule has 4 heteroatoms. The molecule has 0 aliphatic heterocycles. The van der Waals surface area contributed by atoms with E-state index in [1.54, 1.807) is 23.9 Å². The van der Waals surface area contributed by atoms with Crippen LogP contribution in [0.1, 0.15) is 5.56 Å². The lowest BCUT2D eigenvalue weighted by molar-refractivity contribution is 0.322. The van der Waals surface area contributed by atoms with E-state index in [1.807, 2.05) is 12.1 Å². The Hall–Kier alpha value is -0.710. The quantitative estimate of drug-likeness (QED) is 0.662. The number of phenolic OH excluding ortho intramolecular Hbond substituents is 1. The maximum absolute atomic E-state index is 8.98. The SMILES string of the molecule is CO.OCCSCc1ccc(O)cc1. The van der Waals surface area contributed by atoms with Crippen molar-refractivity contribution in [2.75, 3.05) is 19.5 Å². The van der Waals surface area contributed by atoms with Crippen molar-refractivity contribution in [1.29, 1.82) is 0 Å². The zero-order chi connectivity index (χ0) is 10.8.